The summed E-state index contributed by atoms with van der Waals surface area (Å²) in [5, 5.41) is 13.5. The van der Waals surface area contributed by atoms with Crippen LogP contribution in [0, 0.1) is 0 Å². The zero-order valence-electron chi connectivity index (χ0n) is 12.4. The second kappa shape index (κ2) is 5.78. The molecule has 0 atom stereocenters. The van der Waals surface area contributed by atoms with Crippen molar-refractivity contribution < 1.29 is 9.68 Å². The first kappa shape index (κ1) is 13.9. The Kier molecular flexibility index (Phi) is 3.49. The molecule has 0 aliphatic carbocycles. The lowest BCUT2D eigenvalue weighted by Gasteiger charge is -2.10. The highest BCUT2D eigenvalue weighted by molar-refractivity contribution is 6.17. The lowest BCUT2D eigenvalue weighted by atomic mass is 9.96. The summed E-state index contributed by atoms with van der Waals surface area (Å²) in [6, 6.07) is 26.9. The molecule has 0 aliphatic rings. The van der Waals surface area contributed by atoms with Gasteiger partial charge in [-0.1, -0.05) is 60.7 Å². The van der Waals surface area contributed by atoms with Gasteiger partial charge in [-0.25, -0.2) is 0 Å². The van der Waals surface area contributed by atoms with Gasteiger partial charge in [0.25, 0.3) is 0 Å². The van der Waals surface area contributed by atoms with Gasteiger partial charge < -0.3 is 9.68 Å². The maximum Gasteiger partial charge on any atom is 0.569 e. The van der Waals surface area contributed by atoms with E-state index in [1.165, 1.54) is 21.9 Å². The van der Waals surface area contributed by atoms with Gasteiger partial charge in [0.05, 0.1) is 0 Å². The molecule has 0 saturated heterocycles. The lowest BCUT2D eigenvalue weighted by molar-refractivity contribution is 0.454. The zero-order chi connectivity index (χ0) is 15.6. The summed E-state index contributed by atoms with van der Waals surface area (Å²) in [6.07, 6.45) is 0. The van der Waals surface area contributed by atoms with E-state index in [0.717, 1.165) is 10.8 Å². The van der Waals surface area contributed by atoms with Crippen molar-refractivity contribution in [1.82, 2.24) is 0 Å². The number of fused-ring (bicyclic) bond motifs is 2. The molecule has 0 fully saturated rings. The predicted molar refractivity (Wildman–Crippen MR) is 95.5 cm³/mol. The average Bonchev–Trinajstić information content (AvgIpc) is 2.61. The van der Waals surface area contributed by atoms with Gasteiger partial charge in [0, 0.05) is 0 Å². The van der Waals surface area contributed by atoms with Crippen molar-refractivity contribution in [3.63, 3.8) is 0 Å². The molecular weight excluding hydrogens is 283 g/mol. The van der Waals surface area contributed by atoms with E-state index in [1.807, 2.05) is 30.3 Å². The summed E-state index contributed by atoms with van der Waals surface area (Å²) in [5.74, 6) is 0.621. The molecule has 4 aromatic carbocycles. The van der Waals surface area contributed by atoms with Gasteiger partial charge >= 0.3 is 7.69 Å². The quantitative estimate of drug-likeness (QED) is 0.561. The van der Waals surface area contributed by atoms with Crippen molar-refractivity contribution in [2.75, 3.05) is 0 Å². The predicted octanol–water partition coefficient (Wildman–Crippen LogP) is 4.57. The summed E-state index contributed by atoms with van der Waals surface area (Å²) < 4.78 is 5.05. The number of hydrogen-bond acceptors (Lipinski definition) is 2. The molecule has 1 N–H and O–H groups in total. The van der Waals surface area contributed by atoms with Crippen molar-refractivity contribution in [2.45, 2.75) is 0 Å². The third-order valence-electron chi connectivity index (χ3n) is 4.10. The molecule has 0 saturated carbocycles. The van der Waals surface area contributed by atoms with Crippen LogP contribution in [0.5, 0.6) is 5.75 Å². The Balaban J connectivity index is 1.89. The largest absolute Gasteiger partial charge is 0.569 e. The van der Waals surface area contributed by atoms with Crippen molar-refractivity contribution in [3.05, 3.63) is 78.9 Å². The molecule has 4 aromatic rings. The smallest absolute Gasteiger partial charge is 0.537 e. The summed E-state index contributed by atoms with van der Waals surface area (Å²) >= 11 is 0. The minimum absolute atomic E-state index is 0.621. The Morgan fingerprint density at radius 3 is 2.39 bits per heavy atom. The van der Waals surface area contributed by atoms with E-state index in [1.54, 1.807) is 0 Å². The molecule has 0 heterocycles. The molecule has 1 radical (unpaired) electrons. The normalized spacial score (nSPS) is 10.8. The van der Waals surface area contributed by atoms with Gasteiger partial charge in [-0.15, -0.1) is 0 Å². The highest BCUT2D eigenvalue weighted by atomic mass is 16.5. The lowest BCUT2D eigenvalue weighted by Crippen LogP contribution is -1.99. The van der Waals surface area contributed by atoms with Crippen LogP contribution >= 0.6 is 0 Å². The molecule has 0 amide bonds. The Morgan fingerprint density at radius 1 is 0.696 bits per heavy atom. The molecule has 0 aromatic heterocycles. The van der Waals surface area contributed by atoms with Crippen LogP contribution in [0.2, 0.25) is 0 Å². The first-order valence-corrected chi connectivity index (χ1v) is 7.50. The van der Waals surface area contributed by atoms with E-state index in [4.69, 9.17) is 9.68 Å². The van der Waals surface area contributed by atoms with E-state index in [2.05, 4.69) is 48.5 Å². The topological polar surface area (TPSA) is 29.5 Å². The number of benzene rings is 4. The second-order valence-corrected chi connectivity index (χ2v) is 5.47. The number of hydrogen-bond donors (Lipinski definition) is 1. The van der Waals surface area contributed by atoms with Gasteiger partial charge in [-0.2, -0.15) is 0 Å². The first-order valence-electron chi connectivity index (χ1n) is 7.50. The van der Waals surface area contributed by atoms with E-state index in [0.29, 0.717) is 13.4 Å². The fourth-order valence-corrected chi connectivity index (χ4v) is 3.00. The van der Waals surface area contributed by atoms with Crippen molar-refractivity contribution >= 4 is 29.2 Å². The fourth-order valence-electron chi connectivity index (χ4n) is 3.00. The zero-order valence-corrected chi connectivity index (χ0v) is 12.4. The second-order valence-electron chi connectivity index (χ2n) is 5.47. The van der Waals surface area contributed by atoms with Crippen LogP contribution < -0.4 is 4.65 Å². The van der Waals surface area contributed by atoms with E-state index in [-0.39, 0.29) is 0 Å². The minimum atomic E-state index is 0.621. The van der Waals surface area contributed by atoms with Gasteiger partial charge in [0.2, 0.25) is 0 Å². The Morgan fingerprint density at radius 2 is 1.52 bits per heavy atom. The van der Waals surface area contributed by atoms with Crippen molar-refractivity contribution in [1.29, 1.82) is 0 Å². The highest BCUT2D eigenvalue weighted by Crippen LogP contribution is 2.32. The molecule has 0 bridgehead atoms. The summed E-state index contributed by atoms with van der Waals surface area (Å²) in [6.45, 7) is 0. The Labute approximate surface area is 135 Å². The molecular formula is C20H14BO2. The SMILES string of the molecule is O[B]Oc1ccc2c(-c3ccc4ccccc4c3)cccc2c1. The summed E-state index contributed by atoms with van der Waals surface area (Å²) in [7, 11) is 0.703. The highest BCUT2D eigenvalue weighted by Gasteiger charge is 2.06. The van der Waals surface area contributed by atoms with Crippen LogP contribution in [0.3, 0.4) is 0 Å². The van der Waals surface area contributed by atoms with Crippen LogP contribution in [-0.2, 0) is 0 Å². The first-order chi connectivity index (χ1) is 11.3. The minimum Gasteiger partial charge on any atom is -0.537 e. The molecule has 0 aliphatic heterocycles. The van der Waals surface area contributed by atoms with E-state index >= 15 is 0 Å². The summed E-state index contributed by atoms with van der Waals surface area (Å²) in [4.78, 5) is 0. The standard InChI is InChI=1S/C20H14BO2/c22-21-23-18-10-11-20-16(13-18)6-3-7-19(20)17-9-8-14-4-1-2-5-15(14)12-17/h1-13,22H. The average molecular weight is 297 g/mol. The molecule has 3 heteroatoms. The van der Waals surface area contributed by atoms with Gasteiger partial charge in [0.15, 0.2) is 0 Å². The fraction of sp³-hybridized carbons (Fsp3) is 0. The third kappa shape index (κ3) is 2.56. The van der Waals surface area contributed by atoms with E-state index < -0.39 is 0 Å². The van der Waals surface area contributed by atoms with Gasteiger partial charge in [0.1, 0.15) is 5.75 Å². The van der Waals surface area contributed by atoms with Crippen LogP contribution in [0.4, 0.5) is 0 Å². The molecule has 0 spiro atoms. The van der Waals surface area contributed by atoms with Crippen LogP contribution in [0.1, 0.15) is 0 Å². The molecule has 2 nitrogen and oxygen atoms in total. The Bertz CT molecular complexity index is 995. The number of rotatable bonds is 3. The molecule has 109 valence electrons. The van der Waals surface area contributed by atoms with Crippen molar-refractivity contribution in [2.24, 2.45) is 0 Å². The summed E-state index contributed by atoms with van der Waals surface area (Å²) in [5.41, 5.74) is 2.38. The molecule has 4 rings (SSSR count). The molecule has 0 unspecified atom stereocenters. The van der Waals surface area contributed by atoms with Crippen LogP contribution in [-0.4, -0.2) is 12.7 Å². The van der Waals surface area contributed by atoms with E-state index in [9.17, 15) is 0 Å². The van der Waals surface area contributed by atoms with Crippen molar-refractivity contribution in [3.8, 4) is 16.9 Å². The molecule has 23 heavy (non-hydrogen) atoms. The monoisotopic (exact) mass is 297 g/mol. The van der Waals surface area contributed by atoms with Gasteiger partial charge in [-0.3, -0.25) is 0 Å². The maximum absolute atomic E-state index is 8.78. The van der Waals surface area contributed by atoms with Crippen LogP contribution in [0.15, 0.2) is 78.9 Å². The van der Waals surface area contributed by atoms with Crippen LogP contribution in [0.25, 0.3) is 32.7 Å². The van der Waals surface area contributed by atoms with Gasteiger partial charge in [-0.05, 0) is 50.9 Å². The maximum atomic E-state index is 8.78. The Hall–Kier alpha value is -2.78. The third-order valence-corrected chi connectivity index (χ3v) is 4.10.